The third-order valence-electron chi connectivity index (χ3n) is 6.92. The Bertz CT molecular complexity index is 1380. The molecule has 0 radical (unpaired) electrons. The van der Waals surface area contributed by atoms with Gasteiger partial charge in [-0.3, -0.25) is 14.9 Å². The molecular weight excluding hydrogens is 452 g/mol. The summed E-state index contributed by atoms with van der Waals surface area (Å²) in [7, 11) is 0. The number of carbonyl (C=O) groups excluding carboxylic acids is 1. The molecule has 2 fully saturated rings. The van der Waals surface area contributed by atoms with Crippen LogP contribution in [0.15, 0.2) is 42.9 Å². The van der Waals surface area contributed by atoms with Crippen molar-refractivity contribution >= 4 is 40.5 Å². The van der Waals surface area contributed by atoms with Crippen LogP contribution in [0.2, 0.25) is 5.02 Å². The fourth-order valence-electron chi connectivity index (χ4n) is 4.73. The molecule has 1 atom stereocenters. The van der Waals surface area contributed by atoms with Gasteiger partial charge in [-0.25, -0.2) is 4.52 Å². The Labute approximate surface area is 201 Å². The summed E-state index contributed by atoms with van der Waals surface area (Å²) < 4.78 is 1.79. The lowest BCUT2D eigenvalue weighted by molar-refractivity contribution is -0.122. The van der Waals surface area contributed by atoms with Crippen LogP contribution in [0.25, 0.3) is 5.52 Å². The highest BCUT2D eigenvalue weighted by atomic mass is 35.5. The molecule has 10 heteroatoms. The van der Waals surface area contributed by atoms with Crippen LogP contribution in [0.5, 0.6) is 0 Å². The second-order valence-electron chi connectivity index (χ2n) is 9.30. The number of aromatic nitrogens is 6. The molecule has 0 aromatic carbocycles. The Morgan fingerprint density at radius 1 is 1.35 bits per heavy atom. The second kappa shape index (κ2) is 8.09. The topological polar surface area (TPSA) is 104 Å². The Morgan fingerprint density at radius 2 is 2.24 bits per heavy atom. The quantitative estimate of drug-likeness (QED) is 0.410. The average Bonchev–Trinajstić information content (AvgIpc) is 3.20. The lowest BCUT2D eigenvalue weighted by Gasteiger charge is -2.34. The summed E-state index contributed by atoms with van der Waals surface area (Å²) in [6, 6.07) is 7.64. The van der Waals surface area contributed by atoms with Crippen molar-refractivity contribution < 1.29 is 4.79 Å². The minimum absolute atomic E-state index is 0.0759. The van der Waals surface area contributed by atoms with Crippen molar-refractivity contribution in [2.75, 3.05) is 16.8 Å². The van der Waals surface area contributed by atoms with Gasteiger partial charge in [0, 0.05) is 54.3 Å². The third kappa shape index (κ3) is 3.69. The number of hydrogen-bond acceptors (Lipinski definition) is 7. The zero-order valence-corrected chi connectivity index (χ0v) is 19.6. The number of H-pyrrole nitrogens is 1. The molecule has 2 aliphatic rings. The van der Waals surface area contributed by atoms with Crippen LogP contribution in [0, 0.1) is 0 Å². The number of Topliss-reactive ketones (excluding diaryl/α,β-unsaturated/α-hetero) is 1. The number of pyridine rings is 1. The maximum absolute atomic E-state index is 13.5. The van der Waals surface area contributed by atoms with E-state index in [2.05, 4.69) is 20.5 Å². The van der Waals surface area contributed by atoms with Crippen LogP contribution < -0.4 is 10.2 Å². The lowest BCUT2D eigenvalue weighted by Crippen LogP contribution is -2.49. The first kappa shape index (κ1) is 21.1. The number of halogens is 1. The molecule has 0 bridgehead atoms. The first-order valence-corrected chi connectivity index (χ1v) is 12.0. The minimum Gasteiger partial charge on any atom is -0.327 e. The van der Waals surface area contributed by atoms with Crippen LogP contribution in [-0.2, 0) is 11.2 Å². The number of fused-ring (bicyclic) bond motifs is 1. The van der Waals surface area contributed by atoms with Gasteiger partial charge in [0.15, 0.2) is 17.4 Å². The van der Waals surface area contributed by atoms with Crippen molar-refractivity contribution in [3.8, 4) is 0 Å². The maximum Gasteiger partial charge on any atom is 0.246 e. The first-order valence-electron chi connectivity index (χ1n) is 11.6. The third-order valence-corrected chi connectivity index (χ3v) is 7.29. The van der Waals surface area contributed by atoms with Gasteiger partial charge in [-0.1, -0.05) is 11.6 Å². The number of carbonyl (C=O) groups is 1. The Hall–Kier alpha value is -3.46. The summed E-state index contributed by atoms with van der Waals surface area (Å²) in [5.41, 5.74) is 1.99. The predicted octanol–water partition coefficient (Wildman–Crippen LogP) is 4.29. The van der Waals surface area contributed by atoms with Crippen LogP contribution >= 0.6 is 11.6 Å². The molecule has 4 aromatic rings. The van der Waals surface area contributed by atoms with Crippen LogP contribution in [-0.4, -0.2) is 47.6 Å². The van der Waals surface area contributed by atoms with E-state index in [9.17, 15) is 4.79 Å². The van der Waals surface area contributed by atoms with Gasteiger partial charge in [0.2, 0.25) is 5.95 Å². The van der Waals surface area contributed by atoms with Gasteiger partial charge in [0.25, 0.3) is 0 Å². The summed E-state index contributed by atoms with van der Waals surface area (Å²) in [6.07, 6.45) is 9.40. The van der Waals surface area contributed by atoms with E-state index in [0.29, 0.717) is 29.3 Å². The number of anilines is 3. The fraction of sp³-hybridized carbons (Fsp3) is 0.375. The number of nitrogens with zero attached hydrogens (tertiary/aromatic N) is 6. The van der Waals surface area contributed by atoms with Crippen molar-refractivity contribution in [1.29, 1.82) is 0 Å². The normalized spacial score (nSPS) is 20.2. The Balaban J connectivity index is 1.32. The number of rotatable bonds is 7. The van der Waals surface area contributed by atoms with Crippen LogP contribution in [0.1, 0.15) is 49.8 Å². The van der Waals surface area contributed by atoms with Gasteiger partial charge >= 0.3 is 0 Å². The van der Waals surface area contributed by atoms with Crippen molar-refractivity contribution in [2.24, 2.45) is 0 Å². The van der Waals surface area contributed by atoms with E-state index in [1.54, 1.807) is 23.0 Å². The molecule has 4 aromatic heterocycles. The van der Waals surface area contributed by atoms with Gasteiger partial charge in [0.1, 0.15) is 5.52 Å². The van der Waals surface area contributed by atoms with Gasteiger partial charge in [-0.05, 0) is 56.4 Å². The number of nitrogens with one attached hydrogen (secondary N) is 2. The predicted molar refractivity (Wildman–Crippen MR) is 130 cm³/mol. The van der Waals surface area contributed by atoms with E-state index in [1.807, 2.05) is 36.2 Å². The molecule has 1 aliphatic heterocycles. The molecular formula is C24H25ClN8O. The summed E-state index contributed by atoms with van der Waals surface area (Å²) in [4.78, 5) is 24.5. The molecule has 1 saturated carbocycles. The standard InChI is InChI=1S/C24H25ClN8O/c1-24(20(34)12-16-14-26-9-7-17(16)25)8-3-10-32(24)23-28-22(19-4-2-11-33(19)31-23)27-21-13-18(29-30-21)15-5-6-15/h2,4,7,9,11,13-15H,3,5-6,8,10,12H2,1H3,(H2,27,28,29,30,31)/t24-/m0/s1. The van der Waals surface area contributed by atoms with Crippen molar-refractivity contribution in [2.45, 2.75) is 50.5 Å². The molecule has 0 spiro atoms. The summed E-state index contributed by atoms with van der Waals surface area (Å²) in [5, 5.41) is 16.2. The van der Waals surface area contributed by atoms with Crippen molar-refractivity contribution in [1.82, 2.24) is 29.8 Å². The monoisotopic (exact) mass is 476 g/mol. The van der Waals surface area contributed by atoms with E-state index in [0.717, 1.165) is 35.4 Å². The van der Waals surface area contributed by atoms with Gasteiger partial charge in [-0.15, -0.1) is 5.10 Å². The Morgan fingerprint density at radius 3 is 3.06 bits per heavy atom. The number of aromatic amines is 1. The first-order chi connectivity index (χ1) is 16.5. The molecule has 2 N–H and O–H groups in total. The molecule has 1 aliphatic carbocycles. The summed E-state index contributed by atoms with van der Waals surface area (Å²) in [6.45, 7) is 2.67. The smallest absolute Gasteiger partial charge is 0.246 e. The largest absolute Gasteiger partial charge is 0.327 e. The molecule has 174 valence electrons. The highest BCUT2D eigenvalue weighted by molar-refractivity contribution is 6.31. The van der Waals surface area contributed by atoms with Gasteiger partial charge in [0.05, 0.1) is 5.54 Å². The van der Waals surface area contributed by atoms with Crippen LogP contribution in [0.4, 0.5) is 17.6 Å². The van der Waals surface area contributed by atoms with Crippen molar-refractivity contribution in [3.05, 3.63) is 59.1 Å². The van der Waals surface area contributed by atoms with E-state index in [4.69, 9.17) is 21.7 Å². The zero-order chi connectivity index (χ0) is 23.3. The van der Waals surface area contributed by atoms with Gasteiger partial charge < -0.3 is 10.2 Å². The zero-order valence-electron chi connectivity index (χ0n) is 18.8. The SMILES string of the molecule is C[C@@]1(C(=O)Cc2cnccc2Cl)CCCN1c1nc(Nc2cc(C3CC3)[nH]n2)c2cccn2n1. The number of hydrogen-bond donors (Lipinski definition) is 2. The average molecular weight is 477 g/mol. The molecule has 9 nitrogen and oxygen atoms in total. The highest BCUT2D eigenvalue weighted by Crippen LogP contribution is 2.40. The molecule has 5 heterocycles. The lowest BCUT2D eigenvalue weighted by atomic mass is 9.89. The fourth-order valence-corrected chi connectivity index (χ4v) is 4.90. The summed E-state index contributed by atoms with van der Waals surface area (Å²) >= 11 is 6.30. The minimum atomic E-state index is -0.733. The summed E-state index contributed by atoms with van der Waals surface area (Å²) in [5.74, 6) is 2.55. The van der Waals surface area contributed by atoms with Gasteiger partial charge in [-0.2, -0.15) is 10.1 Å². The molecule has 34 heavy (non-hydrogen) atoms. The maximum atomic E-state index is 13.5. The van der Waals surface area contributed by atoms with E-state index in [-0.39, 0.29) is 12.2 Å². The second-order valence-corrected chi connectivity index (χ2v) is 9.71. The van der Waals surface area contributed by atoms with Crippen LogP contribution in [0.3, 0.4) is 0 Å². The molecule has 0 amide bonds. The molecule has 0 unspecified atom stereocenters. The van der Waals surface area contributed by atoms with E-state index in [1.165, 1.54) is 12.8 Å². The molecule has 1 saturated heterocycles. The van der Waals surface area contributed by atoms with E-state index >= 15 is 0 Å². The highest BCUT2D eigenvalue weighted by Gasteiger charge is 2.44. The van der Waals surface area contributed by atoms with Crippen molar-refractivity contribution in [3.63, 3.8) is 0 Å². The van der Waals surface area contributed by atoms with E-state index < -0.39 is 5.54 Å². The molecule has 6 rings (SSSR count). The Kier molecular flexibility index (Phi) is 5.02. The number of ketones is 1.